The Morgan fingerprint density at radius 3 is 2.83 bits per heavy atom. The Labute approximate surface area is 106 Å². The second-order valence-electron chi connectivity index (χ2n) is 4.87. The first-order chi connectivity index (χ1) is 8.51. The zero-order chi connectivity index (χ0) is 13.3. The van der Waals surface area contributed by atoms with Crippen molar-refractivity contribution < 1.29 is 14.6 Å². The van der Waals surface area contributed by atoms with Gasteiger partial charge >= 0.3 is 0 Å². The van der Waals surface area contributed by atoms with Gasteiger partial charge in [-0.15, -0.1) is 0 Å². The molecule has 0 atom stereocenters. The van der Waals surface area contributed by atoms with E-state index >= 15 is 0 Å². The number of hydrogen-bond acceptors (Lipinski definition) is 4. The quantitative estimate of drug-likeness (QED) is 0.836. The zero-order valence-corrected chi connectivity index (χ0v) is 11.0. The molecule has 18 heavy (non-hydrogen) atoms. The Morgan fingerprint density at radius 1 is 1.67 bits per heavy atom. The van der Waals surface area contributed by atoms with E-state index in [-0.39, 0.29) is 12.0 Å². The van der Waals surface area contributed by atoms with E-state index in [0.29, 0.717) is 24.0 Å². The highest BCUT2D eigenvalue weighted by Gasteiger charge is 2.29. The molecule has 0 radical (unpaired) electrons. The number of rotatable bonds is 4. The Balaban J connectivity index is 1.96. The summed E-state index contributed by atoms with van der Waals surface area (Å²) in [5.74, 6) is 0.848. The number of hydrogen-bond donors (Lipinski definition) is 1. The minimum atomic E-state index is -0.187. The fourth-order valence-corrected chi connectivity index (χ4v) is 2.26. The average Bonchev–Trinajstić information content (AvgIpc) is 2.67. The van der Waals surface area contributed by atoms with Crippen molar-refractivity contribution in [2.24, 2.45) is 13.0 Å². The lowest BCUT2D eigenvalue weighted by Gasteiger charge is -2.34. The normalized spacial score (nSPS) is 22.4. The van der Waals surface area contributed by atoms with E-state index in [1.807, 2.05) is 0 Å². The number of aliphatic hydroxyl groups excluding tert-OH is 1. The zero-order valence-electron chi connectivity index (χ0n) is 11.0. The molecule has 100 valence electrons. The van der Waals surface area contributed by atoms with Crippen molar-refractivity contribution in [3.63, 3.8) is 0 Å². The summed E-state index contributed by atoms with van der Waals surface area (Å²) in [7, 11) is 5.04. The van der Waals surface area contributed by atoms with Gasteiger partial charge in [0, 0.05) is 26.7 Å². The SMILES string of the molecule is COc1cc(C(=O)N(C)CC2CC(O)C2)nn1C. The van der Waals surface area contributed by atoms with Crippen LogP contribution in [0.4, 0.5) is 0 Å². The van der Waals surface area contributed by atoms with Crippen molar-refractivity contribution in [1.29, 1.82) is 0 Å². The van der Waals surface area contributed by atoms with Gasteiger partial charge in [-0.1, -0.05) is 0 Å². The molecule has 1 aromatic heterocycles. The largest absolute Gasteiger partial charge is 0.481 e. The predicted molar refractivity (Wildman–Crippen MR) is 65.5 cm³/mol. The van der Waals surface area contributed by atoms with Crippen LogP contribution in [0.3, 0.4) is 0 Å². The molecule has 0 spiro atoms. The predicted octanol–water partition coefficient (Wildman–Crippen LogP) is 0.272. The second-order valence-corrected chi connectivity index (χ2v) is 4.87. The lowest BCUT2D eigenvalue weighted by atomic mass is 9.82. The van der Waals surface area contributed by atoms with Gasteiger partial charge in [-0.2, -0.15) is 5.10 Å². The van der Waals surface area contributed by atoms with E-state index in [0.717, 1.165) is 12.8 Å². The molecule has 0 bridgehead atoms. The summed E-state index contributed by atoms with van der Waals surface area (Å²) in [6.07, 6.45) is 1.38. The van der Waals surface area contributed by atoms with Crippen LogP contribution in [0.2, 0.25) is 0 Å². The minimum absolute atomic E-state index is 0.115. The maximum absolute atomic E-state index is 12.1. The standard InChI is InChI=1S/C12H19N3O3/c1-14(7-8-4-9(16)5-8)12(17)10-6-11(18-3)15(2)13-10/h6,8-9,16H,4-5,7H2,1-3H3. The van der Waals surface area contributed by atoms with Gasteiger partial charge in [0.25, 0.3) is 5.91 Å². The summed E-state index contributed by atoms with van der Waals surface area (Å²) < 4.78 is 6.62. The summed E-state index contributed by atoms with van der Waals surface area (Å²) in [5, 5.41) is 13.3. The topological polar surface area (TPSA) is 67.6 Å². The number of aliphatic hydroxyl groups is 1. The van der Waals surface area contributed by atoms with E-state index < -0.39 is 0 Å². The van der Waals surface area contributed by atoms with Crippen LogP contribution in [0.25, 0.3) is 0 Å². The Morgan fingerprint density at radius 2 is 2.33 bits per heavy atom. The van der Waals surface area contributed by atoms with Crippen LogP contribution < -0.4 is 4.74 Å². The van der Waals surface area contributed by atoms with Gasteiger partial charge in [0.05, 0.1) is 13.2 Å². The van der Waals surface area contributed by atoms with Crippen molar-refractivity contribution >= 4 is 5.91 Å². The molecule has 2 rings (SSSR count). The monoisotopic (exact) mass is 253 g/mol. The number of aryl methyl sites for hydroxylation is 1. The fourth-order valence-electron chi connectivity index (χ4n) is 2.26. The molecule has 6 nitrogen and oxygen atoms in total. The molecular formula is C12H19N3O3. The van der Waals surface area contributed by atoms with Gasteiger partial charge in [0.15, 0.2) is 5.69 Å². The van der Waals surface area contributed by atoms with E-state index in [4.69, 9.17) is 4.74 Å². The number of carbonyl (C=O) groups is 1. The molecule has 1 aromatic rings. The molecule has 1 aliphatic rings. The van der Waals surface area contributed by atoms with Crippen molar-refractivity contribution in [3.8, 4) is 5.88 Å². The molecule has 1 amide bonds. The van der Waals surface area contributed by atoms with Crippen LogP contribution in [0, 0.1) is 5.92 Å². The number of ether oxygens (including phenoxy) is 1. The van der Waals surface area contributed by atoms with Gasteiger partial charge in [-0.3, -0.25) is 4.79 Å². The van der Waals surface area contributed by atoms with Gasteiger partial charge in [0.1, 0.15) is 0 Å². The van der Waals surface area contributed by atoms with E-state index in [2.05, 4.69) is 5.10 Å². The summed E-state index contributed by atoms with van der Waals surface area (Å²) in [5.41, 5.74) is 0.386. The van der Waals surface area contributed by atoms with Crippen LogP contribution >= 0.6 is 0 Å². The fraction of sp³-hybridized carbons (Fsp3) is 0.667. The third-order valence-corrected chi connectivity index (χ3v) is 3.35. The van der Waals surface area contributed by atoms with E-state index in [1.165, 1.54) is 4.68 Å². The lowest BCUT2D eigenvalue weighted by molar-refractivity contribution is 0.0264. The molecule has 0 saturated heterocycles. The third kappa shape index (κ3) is 2.48. The highest BCUT2D eigenvalue weighted by Crippen LogP contribution is 2.28. The lowest BCUT2D eigenvalue weighted by Crippen LogP contribution is -2.39. The number of carbonyl (C=O) groups excluding carboxylic acids is 1. The Hall–Kier alpha value is -1.56. The number of methoxy groups -OCH3 is 1. The van der Waals surface area contributed by atoms with Gasteiger partial charge in [-0.25, -0.2) is 4.68 Å². The molecular weight excluding hydrogens is 234 g/mol. The molecule has 1 saturated carbocycles. The maximum Gasteiger partial charge on any atom is 0.274 e. The molecule has 0 aliphatic heterocycles. The van der Waals surface area contributed by atoms with Gasteiger partial charge in [0.2, 0.25) is 5.88 Å². The summed E-state index contributed by atoms with van der Waals surface area (Å²) in [4.78, 5) is 13.8. The minimum Gasteiger partial charge on any atom is -0.481 e. The van der Waals surface area contributed by atoms with Crippen LogP contribution in [0.1, 0.15) is 23.3 Å². The second kappa shape index (κ2) is 4.97. The number of nitrogens with zero attached hydrogens (tertiary/aromatic N) is 3. The maximum atomic E-state index is 12.1. The molecule has 1 fully saturated rings. The number of amides is 1. The van der Waals surface area contributed by atoms with Crippen molar-refractivity contribution in [2.75, 3.05) is 20.7 Å². The van der Waals surface area contributed by atoms with Crippen LogP contribution in [-0.4, -0.2) is 52.5 Å². The average molecular weight is 253 g/mol. The van der Waals surface area contributed by atoms with Crippen molar-refractivity contribution in [2.45, 2.75) is 18.9 Å². The highest BCUT2D eigenvalue weighted by atomic mass is 16.5. The van der Waals surface area contributed by atoms with E-state index in [9.17, 15) is 9.90 Å². The van der Waals surface area contributed by atoms with Gasteiger partial charge < -0.3 is 14.7 Å². The summed E-state index contributed by atoms with van der Waals surface area (Å²) >= 11 is 0. The third-order valence-electron chi connectivity index (χ3n) is 3.35. The Kier molecular flexibility index (Phi) is 3.56. The van der Waals surface area contributed by atoms with Crippen LogP contribution in [0.5, 0.6) is 5.88 Å². The summed E-state index contributed by atoms with van der Waals surface area (Å²) in [6, 6.07) is 1.63. The van der Waals surface area contributed by atoms with Crippen LogP contribution in [0.15, 0.2) is 6.07 Å². The Bertz CT molecular complexity index is 438. The highest BCUT2D eigenvalue weighted by molar-refractivity contribution is 5.92. The first-order valence-corrected chi connectivity index (χ1v) is 6.02. The molecule has 1 heterocycles. The van der Waals surface area contributed by atoms with Crippen LogP contribution in [-0.2, 0) is 7.05 Å². The molecule has 1 N–H and O–H groups in total. The molecule has 1 aliphatic carbocycles. The molecule has 0 aromatic carbocycles. The van der Waals surface area contributed by atoms with Crippen molar-refractivity contribution in [3.05, 3.63) is 11.8 Å². The first kappa shape index (κ1) is 12.9. The summed E-state index contributed by atoms with van der Waals surface area (Å²) in [6.45, 7) is 0.661. The first-order valence-electron chi connectivity index (χ1n) is 6.02. The van der Waals surface area contributed by atoms with Gasteiger partial charge in [-0.05, 0) is 18.8 Å². The van der Waals surface area contributed by atoms with Crippen molar-refractivity contribution in [1.82, 2.24) is 14.7 Å². The molecule has 0 unspecified atom stereocenters. The molecule has 6 heteroatoms. The van der Waals surface area contributed by atoms with E-state index in [1.54, 1.807) is 32.2 Å². The smallest absolute Gasteiger partial charge is 0.274 e. The number of aromatic nitrogens is 2.